The smallest absolute Gasteiger partial charge is 0.00557 e. The molecule has 6 aromatic carbocycles. The van der Waals surface area contributed by atoms with Crippen LogP contribution in [0, 0.1) is 0 Å². The Morgan fingerprint density at radius 2 is 1.00 bits per heavy atom. The molecule has 6 rings (SSSR count). The average Bonchev–Trinajstić information content (AvgIpc) is 3.10. The van der Waals surface area contributed by atoms with Crippen LogP contribution in [0.1, 0.15) is 32.3 Å². The number of fused-ring (bicyclic) bond motifs is 1. The molecule has 0 bridgehead atoms. The molecular formula is C42H38P2. The summed E-state index contributed by atoms with van der Waals surface area (Å²) in [5.74, 6) is 0. The summed E-state index contributed by atoms with van der Waals surface area (Å²) in [4.78, 5) is 0. The number of hydrogen-bond donors (Lipinski definition) is 0. The lowest BCUT2D eigenvalue weighted by Crippen LogP contribution is -2.24. The molecule has 0 fully saturated rings. The Labute approximate surface area is 265 Å². The van der Waals surface area contributed by atoms with Gasteiger partial charge in [0, 0.05) is 0 Å². The maximum atomic E-state index is 2.45. The molecule has 0 aliphatic rings. The zero-order chi connectivity index (χ0) is 30.1. The molecule has 216 valence electrons. The van der Waals surface area contributed by atoms with Crippen LogP contribution >= 0.6 is 15.8 Å². The highest BCUT2D eigenvalue weighted by molar-refractivity contribution is 7.80. The minimum absolute atomic E-state index is 0.790. The fourth-order valence-electron chi connectivity index (χ4n) is 5.95. The standard InChI is InChI=1S/C42H38P2/c1-3-5-30-40(43(34-21-10-6-11-22-34)35-23-12-7-13-24-35)38(4-2)42-39-29-19-18-20-33(39)31-32-41(42)44(36-25-14-8-15-26-36)37-27-16-9-17-28-37/h5-32H,3-4H2,1-2H3/b30-5-,40-38-. The van der Waals surface area contributed by atoms with Gasteiger partial charge in [-0.1, -0.05) is 184 Å². The van der Waals surface area contributed by atoms with Crippen LogP contribution in [-0.2, 0) is 0 Å². The molecule has 0 saturated carbocycles. The van der Waals surface area contributed by atoms with Crippen LogP contribution in [0.5, 0.6) is 0 Å². The predicted molar refractivity (Wildman–Crippen MR) is 198 cm³/mol. The number of benzene rings is 6. The van der Waals surface area contributed by atoms with Gasteiger partial charge in [0.15, 0.2) is 0 Å². The van der Waals surface area contributed by atoms with Crippen molar-refractivity contribution in [2.45, 2.75) is 26.7 Å². The van der Waals surface area contributed by atoms with E-state index in [1.165, 1.54) is 53.7 Å². The molecule has 0 nitrogen and oxygen atoms in total. The topological polar surface area (TPSA) is 0 Å². The van der Waals surface area contributed by atoms with Crippen molar-refractivity contribution in [2.75, 3.05) is 0 Å². The van der Waals surface area contributed by atoms with Gasteiger partial charge in [-0.15, -0.1) is 0 Å². The summed E-state index contributed by atoms with van der Waals surface area (Å²) in [5.41, 5.74) is 2.85. The zero-order valence-electron chi connectivity index (χ0n) is 25.5. The molecule has 0 amide bonds. The van der Waals surface area contributed by atoms with E-state index in [0.29, 0.717) is 0 Å². The first kappa shape index (κ1) is 30.0. The Kier molecular flexibility index (Phi) is 9.94. The average molecular weight is 605 g/mol. The lowest BCUT2D eigenvalue weighted by atomic mass is 9.96. The minimum Gasteiger partial charge on any atom is -0.0841 e. The molecule has 44 heavy (non-hydrogen) atoms. The van der Waals surface area contributed by atoms with E-state index in [1.807, 2.05) is 0 Å². The van der Waals surface area contributed by atoms with E-state index in [1.54, 1.807) is 0 Å². The highest BCUT2D eigenvalue weighted by atomic mass is 31.1. The molecule has 0 heterocycles. The first-order valence-electron chi connectivity index (χ1n) is 15.5. The second-order valence-corrected chi connectivity index (χ2v) is 15.1. The van der Waals surface area contributed by atoms with E-state index >= 15 is 0 Å². The molecule has 6 aromatic rings. The third-order valence-corrected chi connectivity index (χ3v) is 12.9. The molecule has 0 spiro atoms. The van der Waals surface area contributed by atoms with E-state index in [-0.39, 0.29) is 0 Å². The minimum atomic E-state index is -0.795. The Balaban J connectivity index is 1.73. The highest BCUT2D eigenvalue weighted by Crippen LogP contribution is 2.50. The molecular weight excluding hydrogens is 566 g/mol. The van der Waals surface area contributed by atoms with Gasteiger partial charge in [-0.2, -0.15) is 0 Å². The van der Waals surface area contributed by atoms with E-state index in [2.05, 4.69) is 184 Å². The molecule has 0 radical (unpaired) electrons. The van der Waals surface area contributed by atoms with Crippen LogP contribution in [0.3, 0.4) is 0 Å². The first-order chi connectivity index (χ1) is 21.8. The summed E-state index contributed by atoms with van der Waals surface area (Å²) in [6.45, 7) is 4.58. The Hall–Kier alpha value is -4.08. The molecule has 0 aromatic heterocycles. The lowest BCUT2D eigenvalue weighted by molar-refractivity contribution is 1.22. The van der Waals surface area contributed by atoms with Gasteiger partial charge in [0.1, 0.15) is 0 Å². The van der Waals surface area contributed by atoms with Crippen molar-refractivity contribution >= 4 is 58.7 Å². The normalized spacial score (nSPS) is 12.3. The highest BCUT2D eigenvalue weighted by Gasteiger charge is 2.26. The summed E-state index contributed by atoms with van der Waals surface area (Å²) in [7, 11) is -1.58. The summed E-state index contributed by atoms with van der Waals surface area (Å²) in [6.07, 6.45) is 6.74. The van der Waals surface area contributed by atoms with Crippen LogP contribution in [0.2, 0.25) is 0 Å². The maximum absolute atomic E-state index is 2.45. The van der Waals surface area contributed by atoms with Gasteiger partial charge in [0.2, 0.25) is 0 Å². The van der Waals surface area contributed by atoms with Gasteiger partial charge in [-0.05, 0) is 82.4 Å². The van der Waals surface area contributed by atoms with E-state index in [9.17, 15) is 0 Å². The van der Waals surface area contributed by atoms with Gasteiger partial charge in [-0.25, -0.2) is 0 Å². The van der Waals surface area contributed by atoms with Crippen molar-refractivity contribution in [1.29, 1.82) is 0 Å². The van der Waals surface area contributed by atoms with Gasteiger partial charge in [0.25, 0.3) is 0 Å². The molecule has 0 saturated heterocycles. The Bertz CT molecular complexity index is 1780. The molecule has 0 atom stereocenters. The largest absolute Gasteiger partial charge is 0.0841 e. The Morgan fingerprint density at radius 3 is 1.50 bits per heavy atom. The van der Waals surface area contributed by atoms with Crippen LogP contribution in [-0.4, -0.2) is 0 Å². The summed E-state index contributed by atoms with van der Waals surface area (Å²) in [5, 5.41) is 11.0. The maximum Gasteiger partial charge on any atom is -0.00557 e. The second kappa shape index (κ2) is 14.6. The number of rotatable bonds is 10. The molecule has 0 aliphatic heterocycles. The third kappa shape index (κ3) is 6.39. The van der Waals surface area contributed by atoms with Crippen molar-refractivity contribution in [3.63, 3.8) is 0 Å². The quantitative estimate of drug-likeness (QED) is 0.108. The van der Waals surface area contributed by atoms with E-state index in [4.69, 9.17) is 0 Å². The summed E-state index contributed by atoms with van der Waals surface area (Å²) in [6, 6.07) is 58.2. The van der Waals surface area contributed by atoms with Crippen molar-refractivity contribution in [3.8, 4) is 0 Å². The van der Waals surface area contributed by atoms with Crippen LogP contribution < -0.4 is 26.5 Å². The lowest BCUT2D eigenvalue weighted by Gasteiger charge is -2.28. The van der Waals surface area contributed by atoms with Crippen molar-refractivity contribution in [2.24, 2.45) is 0 Å². The zero-order valence-corrected chi connectivity index (χ0v) is 27.3. The predicted octanol–water partition coefficient (Wildman–Crippen LogP) is 9.82. The van der Waals surface area contributed by atoms with Crippen LogP contribution in [0.25, 0.3) is 16.3 Å². The van der Waals surface area contributed by atoms with Gasteiger partial charge >= 0.3 is 0 Å². The number of allylic oxidation sites excluding steroid dienone is 4. The van der Waals surface area contributed by atoms with Gasteiger partial charge in [0.05, 0.1) is 0 Å². The van der Waals surface area contributed by atoms with E-state index < -0.39 is 15.8 Å². The number of hydrogen-bond acceptors (Lipinski definition) is 0. The monoisotopic (exact) mass is 604 g/mol. The van der Waals surface area contributed by atoms with Crippen molar-refractivity contribution in [1.82, 2.24) is 0 Å². The fourth-order valence-corrected chi connectivity index (χ4v) is 11.0. The van der Waals surface area contributed by atoms with Gasteiger partial charge < -0.3 is 0 Å². The van der Waals surface area contributed by atoms with Crippen LogP contribution in [0.15, 0.2) is 175 Å². The molecule has 0 aliphatic carbocycles. The summed E-state index contributed by atoms with van der Waals surface area (Å²) >= 11 is 0. The fraction of sp³-hybridized carbons (Fsp3) is 0.0952. The Morgan fingerprint density at radius 1 is 0.523 bits per heavy atom. The first-order valence-corrected chi connectivity index (χ1v) is 18.2. The van der Waals surface area contributed by atoms with E-state index in [0.717, 1.165) is 12.8 Å². The molecule has 2 heteroatoms. The second-order valence-electron chi connectivity index (χ2n) is 10.7. The SMILES string of the molecule is CC/C=C\C(=C(/CC)c1c(P(c2ccccc2)c2ccccc2)ccc2ccccc12)P(c1ccccc1)c1ccccc1. The molecule has 0 N–H and O–H groups in total. The third-order valence-electron chi connectivity index (χ3n) is 7.92. The molecule has 0 unspecified atom stereocenters. The summed E-state index contributed by atoms with van der Waals surface area (Å²) < 4.78 is 0. The van der Waals surface area contributed by atoms with Crippen LogP contribution in [0.4, 0.5) is 0 Å². The van der Waals surface area contributed by atoms with Gasteiger partial charge in [-0.3, -0.25) is 0 Å². The van der Waals surface area contributed by atoms with Crippen molar-refractivity contribution in [3.05, 3.63) is 181 Å². The van der Waals surface area contributed by atoms with Crippen molar-refractivity contribution < 1.29 is 0 Å².